The minimum absolute atomic E-state index is 0.117. The van der Waals surface area contributed by atoms with Gasteiger partial charge in [-0.05, 0) is 66.4 Å². The smallest absolute Gasteiger partial charge is 0.142 e. The molecule has 2 unspecified atom stereocenters. The van der Waals surface area contributed by atoms with Gasteiger partial charge >= 0.3 is 0 Å². The number of nitrogens with zero attached hydrogens (tertiary/aromatic N) is 2. The number of piperidine rings is 1. The number of aryl methyl sites for hydroxylation is 1. The van der Waals surface area contributed by atoms with E-state index in [1.165, 1.54) is 22.2 Å². The van der Waals surface area contributed by atoms with Crippen molar-refractivity contribution in [1.82, 2.24) is 9.88 Å². The van der Waals surface area contributed by atoms with Gasteiger partial charge < -0.3 is 33.7 Å². The number of nitrogens with one attached hydrogen (secondary N) is 1. The van der Waals surface area contributed by atoms with E-state index in [2.05, 4.69) is 88.7 Å². The van der Waals surface area contributed by atoms with Gasteiger partial charge in [0.05, 0.1) is 30.5 Å². The molecule has 7 nitrogen and oxygen atoms in total. The predicted octanol–water partition coefficient (Wildman–Crippen LogP) is 5.65. The first-order valence-electron chi connectivity index (χ1n) is 14.8. The fourth-order valence-corrected chi connectivity index (χ4v) is 6.05. The maximum absolute atomic E-state index is 6.57. The standard InChI is InChI=1S/C34H41N3O4/c1-36-17-14-29-30(36)5-3-6-32(29)40-23-25-7-10-27(11-8-25)28-13-15-35-22-34(28)41-24-26-9-12-33-31(21-26)37(18-20-39-33)16-4-19-38-2/h3,5-12,14,17,21,28,34-35H,4,13,15-16,18-20,22-24H2,1-2H3. The lowest BCUT2D eigenvalue weighted by Gasteiger charge is -2.33. The Labute approximate surface area is 243 Å². The van der Waals surface area contributed by atoms with E-state index in [-0.39, 0.29) is 6.10 Å². The van der Waals surface area contributed by atoms with Crippen LogP contribution in [0.2, 0.25) is 0 Å². The van der Waals surface area contributed by atoms with E-state index in [1.807, 2.05) is 6.07 Å². The van der Waals surface area contributed by atoms with Crippen molar-refractivity contribution in [3.63, 3.8) is 0 Å². The zero-order valence-corrected chi connectivity index (χ0v) is 24.2. The van der Waals surface area contributed by atoms with E-state index >= 15 is 0 Å². The summed E-state index contributed by atoms with van der Waals surface area (Å²) in [5, 5.41) is 4.68. The van der Waals surface area contributed by atoms with Gasteiger partial charge in [-0.15, -0.1) is 0 Å². The van der Waals surface area contributed by atoms with Crippen LogP contribution in [0, 0.1) is 0 Å². The molecule has 0 amide bonds. The second-order valence-electron chi connectivity index (χ2n) is 11.1. The number of anilines is 1. The van der Waals surface area contributed by atoms with E-state index in [9.17, 15) is 0 Å². The van der Waals surface area contributed by atoms with Crippen LogP contribution in [0.25, 0.3) is 10.9 Å². The Bertz CT molecular complexity index is 1430. The Hall–Kier alpha value is -3.52. The van der Waals surface area contributed by atoms with Gasteiger partial charge in [0.1, 0.15) is 24.7 Å². The largest absolute Gasteiger partial charge is 0.490 e. The Morgan fingerprint density at radius 3 is 2.76 bits per heavy atom. The molecule has 6 rings (SSSR count). The number of hydrogen-bond donors (Lipinski definition) is 1. The summed E-state index contributed by atoms with van der Waals surface area (Å²) in [6.45, 7) is 6.34. The molecule has 3 heterocycles. The molecule has 0 radical (unpaired) electrons. The topological polar surface area (TPSA) is 57.1 Å². The molecule has 1 fully saturated rings. The summed E-state index contributed by atoms with van der Waals surface area (Å²) >= 11 is 0. The number of benzene rings is 3. The highest BCUT2D eigenvalue weighted by Gasteiger charge is 2.27. The SMILES string of the molecule is COCCCN1CCOc2ccc(COC3CNCCC3c3ccc(COc4cccc5c4ccn5C)cc3)cc21. The molecular weight excluding hydrogens is 514 g/mol. The summed E-state index contributed by atoms with van der Waals surface area (Å²) in [5.41, 5.74) is 6.01. The van der Waals surface area contributed by atoms with Crippen LogP contribution in [0.4, 0.5) is 5.69 Å². The molecule has 4 aromatic rings. The highest BCUT2D eigenvalue weighted by atomic mass is 16.5. The monoisotopic (exact) mass is 555 g/mol. The quantitative estimate of drug-likeness (QED) is 0.241. The summed E-state index contributed by atoms with van der Waals surface area (Å²) in [6, 6.07) is 23.7. The van der Waals surface area contributed by atoms with Crippen LogP contribution in [0.3, 0.4) is 0 Å². The Kier molecular flexibility index (Phi) is 8.75. The molecule has 2 atom stereocenters. The zero-order valence-electron chi connectivity index (χ0n) is 24.2. The van der Waals surface area contributed by atoms with Crippen molar-refractivity contribution in [2.24, 2.45) is 7.05 Å². The maximum atomic E-state index is 6.57. The van der Waals surface area contributed by atoms with Crippen molar-refractivity contribution < 1.29 is 18.9 Å². The number of fused-ring (bicyclic) bond motifs is 2. The molecule has 0 spiro atoms. The maximum Gasteiger partial charge on any atom is 0.142 e. The first kappa shape index (κ1) is 27.6. The van der Waals surface area contributed by atoms with Crippen molar-refractivity contribution in [1.29, 1.82) is 0 Å². The van der Waals surface area contributed by atoms with Crippen LogP contribution >= 0.6 is 0 Å². The first-order valence-corrected chi connectivity index (χ1v) is 14.8. The lowest BCUT2D eigenvalue weighted by molar-refractivity contribution is 0.0106. The van der Waals surface area contributed by atoms with E-state index in [0.29, 0.717) is 19.1 Å². The van der Waals surface area contributed by atoms with Gasteiger partial charge in [0.2, 0.25) is 0 Å². The van der Waals surface area contributed by atoms with Gasteiger partial charge in [-0.3, -0.25) is 0 Å². The third-order valence-corrected chi connectivity index (χ3v) is 8.34. The van der Waals surface area contributed by atoms with Crippen molar-refractivity contribution in [2.45, 2.75) is 38.1 Å². The van der Waals surface area contributed by atoms with Crippen molar-refractivity contribution >= 4 is 16.6 Å². The molecular formula is C34H41N3O4. The van der Waals surface area contributed by atoms with Gasteiger partial charge in [-0.25, -0.2) is 0 Å². The van der Waals surface area contributed by atoms with Gasteiger partial charge in [0.25, 0.3) is 0 Å². The zero-order chi connectivity index (χ0) is 28.0. The molecule has 1 N–H and O–H groups in total. The molecule has 41 heavy (non-hydrogen) atoms. The van der Waals surface area contributed by atoms with Crippen LogP contribution in [-0.4, -0.2) is 57.2 Å². The van der Waals surface area contributed by atoms with Crippen LogP contribution < -0.4 is 19.7 Å². The van der Waals surface area contributed by atoms with E-state index in [4.69, 9.17) is 18.9 Å². The fraction of sp³-hybridized carbons (Fsp3) is 0.412. The first-order chi connectivity index (χ1) is 20.2. The third-order valence-electron chi connectivity index (χ3n) is 8.34. The van der Waals surface area contributed by atoms with Gasteiger partial charge in [-0.2, -0.15) is 0 Å². The highest BCUT2D eigenvalue weighted by Crippen LogP contribution is 2.34. The highest BCUT2D eigenvalue weighted by molar-refractivity contribution is 5.86. The predicted molar refractivity (Wildman–Crippen MR) is 163 cm³/mol. The van der Waals surface area contributed by atoms with Gasteiger partial charge in [0, 0.05) is 51.4 Å². The van der Waals surface area contributed by atoms with Crippen LogP contribution in [0.15, 0.2) is 72.9 Å². The number of methoxy groups -OCH3 is 1. The van der Waals surface area contributed by atoms with Gasteiger partial charge in [-0.1, -0.05) is 36.4 Å². The van der Waals surface area contributed by atoms with Crippen molar-refractivity contribution in [2.75, 3.05) is 51.4 Å². The molecule has 1 aromatic heterocycles. The molecule has 0 bridgehead atoms. The van der Waals surface area contributed by atoms with Crippen molar-refractivity contribution in [3.8, 4) is 11.5 Å². The summed E-state index contributed by atoms with van der Waals surface area (Å²) in [4.78, 5) is 2.40. The summed E-state index contributed by atoms with van der Waals surface area (Å²) < 4.78 is 26.1. The normalized spacial score (nSPS) is 18.7. The van der Waals surface area contributed by atoms with Gasteiger partial charge in [0.15, 0.2) is 0 Å². The average Bonchev–Trinajstić information content (AvgIpc) is 3.40. The lowest BCUT2D eigenvalue weighted by Crippen LogP contribution is -2.41. The number of ether oxygens (including phenoxy) is 4. The van der Waals surface area contributed by atoms with Crippen molar-refractivity contribution in [3.05, 3.63) is 89.6 Å². The summed E-state index contributed by atoms with van der Waals surface area (Å²) in [6.07, 6.45) is 4.25. The second kappa shape index (κ2) is 13.0. The molecule has 3 aromatic carbocycles. The fourth-order valence-electron chi connectivity index (χ4n) is 6.05. The second-order valence-corrected chi connectivity index (χ2v) is 11.1. The molecule has 2 aliphatic rings. The number of aromatic nitrogens is 1. The van der Waals surface area contributed by atoms with E-state index in [1.54, 1.807) is 7.11 Å². The minimum Gasteiger partial charge on any atom is -0.490 e. The number of hydrogen-bond acceptors (Lipinski definition) is 6. The molecule has 0 aliphatic carbocycles. The average molecular weight is 556 g/mol. The Morgan fingerprint density at radius 2 is 1.88 bits per heavy atom. The third kappa shape index (κ3) is 6.38. The molecule has 2 aliphatic heterocycles. The summed E-state index contributed by atoms with van der Waals surface area (Å²) in [5.74, 6) is 2.24. The van der Waals surface area contributed by atoms with E-state index in [0.717, 1.165) is 74.8 Å². The molecule has 7 heteroatoms. The van der Waals surface area contributed by atoms with E-state index < -0.39 is 0 Å². The Morgan fingerprint density at radius 1 is 1.00 bits per heavy atom. The van der Waals surface area contributed by atoms with Crippen LogP contribution in [0.5, 0.6) is 11.5 Å². The summed E-state index contributed by atoms with van der Waals surface area (Å²) in [7, 11) is 3.82. The van der Waals surface area contributed by atoms with Crippen LogP contribution in [-0.2, 0) is 29.7 Å². The molecule has 0 saturated carbocycles. The number of rotatable bonds is 11. The molecule has 216 valence electrons. The van der Waals surface area contributed by atoms with Crippen LogP contribution in [0.1, 0.15) is 35.4 Å². The lowest BCUT2D eigenvalue weighted by atomic mass is 9.87. The Balaban J connectivity index is 1.08. The minimum atomic E-state index is 0.117. The molecule has 1 saturated heterocycles.